The molecule has 0 nitrogen and oxygen atoms in total. The maximum absolute atomic E-state index is 9.31. The molecule has 52 atom stereocenters. The monoisotopic (exact) mass is 798 g/mol. The average Bonchev–Trinajstić information content (AvgIpc) is 3.27. The van der Waals surface area contributed by atoms with Gasteiger partial charge in [0.05, 0.1) is 7.85 Å². The maximum Gasteiger partial charge on any atom is 0.0763 e. The van der Waals surface area contributed by atoms with E-state index < -0.39 is 0 Å². The standard InChI is InChI=1S/C63H31B/c64-32-26-19-11-3-9-15-21-13-5-1-7-17-23-25-24-18-8-2-6-14-22-16-10-4-12-20-27(32)47-40(20)31(10,12)36(16)42(22)34(14)29(6,8)38(18)44(24)45(25)43(23)37(17)28(5,7)33(13)41(21)35(15)30(9,11)39(19)46(26)48(32,47)60-58(46)51(35,39)53(41)49(33,37)55(43)57(45)56(44)50(34,38)54(42)52(36,40)59(47,60)62(54,56)63(57,60)61(53,55)58/h5-27H,1-4H2. The predicted octanol–water partition coefficient (Wildman–Crippen LogP) is 4.22. The molecule has 0 amide bonds. The van der Waals surface area contributed by atoms with Crippen LogP contribution in [0.15, 0.2) is 0 Å². The van der Waals surface area contributed by atoms with Gasteiger partial charge in [0.15, 0.2) is 0 Å². The molecular formula is C63H31B. The lowest BCUT2D eigenvalue weighted by Gasteiger charge is -3.75. The van der Waals surface area contributed by atoms with Gasteiger partial charge in [0, 0.05) is 0 Å². The zero-order valence-corrected chi connectivity index (χ0v) is 34.7. The highest BCUT2D eigenvalue weighted by Crippen LogP contribution is 3.80. The Hall–Kier alpha value is 0.0649. The van der Waals surface area contributed by atoms with E-state index in [1.54, 1.807) is 0 Å². The van der Waals surface area contributed by atoms with Crippen molar-refractivity contribution in [2.24, 2.45) is 326 Å². The van der Waals surface area contributed by atoms with Crippen molar-refractivity contribution in [2.75, 3.05) is 0 Å². The molecule has 48 aliphatic carbocycles. The van der Waals surface area contributed by atoms with Crippen LogP contribution < -0.4 is 0 Å². The molecule has 286 valence electrons. The molecule has 0 saturated heterocycles. The van der Waals surface area contributed by atoms with Crippen molar-refractivity contribution in [1.29, 1.82) is 0 Å². The quantitative estimate of drug-likeness (QED) is 0.323. The second kappa shape index (κ2) is 2.91. The molecule has 0 heterocycles. The Bertz CT molecular complexity index is 4440. The van der Waals surface area contributed by atoms with Crippen LogP contribution in [0.25, 0.3) is 0 Å². The topological polar surface area (TPSA) is 0 Å². The molecule has 48 saturated carbocycles. The minimum atomic E-state index is 0.445. The summed E-state index contributed by atoms with van der Waals surface area (Å²) in [5.41, 5.74) is 37.5. The Morgan fingerprint density at radius 3 is 0.844 bits per heavy atom. The molecule has 0 aromatic rings. The van der Waals surface area contributed by atoms with E-state index in [1.807, 2.05) is 25.7 Å². The van der Waals surface area contributed by atoms with Crippen LogP contribution in [0, 0.1) is 326 Å². The summed E-state index contributed by atoms with van der Waals surface area (Å²) in [6.07, 6.45) is 7.37. The largest absolute Gasteiger partial charge is 0.0763 e. The third-order valence-electron chi connectivity index (χ3n) is 57.5. The van der Waals surface area contributed by atoms with Gasteiger partial charge in [-0.3, -0.25) is 0 Å². The zero-order chi connectivity index (χ0) is 35.1. The predicted molar refractivity (Wildman–Crippen MR) is 192 cm³/mol. The Morgan fingerprint density at radius 1 is 0.203 bits per heavy atom. The van der Waals surface area contributed by atoms with Gasteiger partial charge in [-0.1, -0.05) is 5.31 Å². The first-order valence-corrected chi connectivity index (χ1v) is 31.5. The molecule has 2 radical (unpaired) electrons. The zero-order valence-electron chi connectivity index (χ0n) is 34.7. The summed E-state index contributed by atoms with van der Waals surface area (Å²) < 4.78 is 0. The lowest BCUT2D eigenvalue weighted by molar-refractivity contribution is -1.31. The van der Waals surface area contributed by atoms with Crippen LogP contribution in [0.4, 0.5) is 0 Å². The third kappa shape index (κ3) is 0.391. The second-order valence-corrected chi connectivity index (χ2v) is 42.1. The highest BCUT2D eigenvalue weighted by atomic mass is 15.8. The molecule has 0 aromatic carbocycles. The van der Waals surface area contributed by atoms with Crippen LogP contribution in [0.5, 0.6) is 0 Å². The van der Waals surface area contributed by atoms with Gasteiger partial charge >= 0.3 is 0 Å². The lowest BCUT2D eigenvalue weighted by Crippen LogP contribution is -3.75. The van der Waals surface area contributed by atoms with Crippen molar-refractivity contribution in [1.82, 2.24) is 0 Å². The van der Waals surface area contributed by atoms with Crippen molar-refractivity contribution in [3.63, 3.8) is 0 Å². The molecule has 0 N–H and O–H groups in total. The summed E-state index contributed by atoms with van der Waals surface area (Å²) in [6.45, 7) is 0. The normalized spacial score (nSPS) is 148. The van der Waals surface area contributed by atoms with Crippen molar-refractivity contribution in [3.05, 3.63) is 0 Å². The van der Waals surface area contributed by atoms with E-state index >= 15 is 0 Å². The molecule has 64 heavy (non-hydrogen) atoms. The van der Waals surface area contributed by atoms with E-state index in [1.165, 1.54) is 136 Å². The summed E-state index contributed by atoms with van der Waals surface area (Å²) in [4.78, 5) is 0. The first-order chi connectivity index (χ1) is 31.7. The van der Waals surface area contributed by atoms with Crippen LogP contribution >= 0.6 is 0 Å². The van der Waals surface area contributed by atoms with Gasteiger partial charge < -0.3 is 0 Å². The molecule has 52 unspecified atom stereocenters. The molecule has 0 aromatic heterocycles. The van der Waals surface area contributed by atoms with Gasteiger partial charge in [0.25, 0.3) is 0 Å². The summed E-state index contributed by atoms with van der Waals surface area (Å²) in [5, 5.41) is 0.445. The van der Waals surface area contributed by atoms with Crippen molar-refractivity contribution < 1.29 is 0 Å². The van der Waals surface area contributed by atoms with Gasteiger partial charge in [0.2, 0.25) is 0 Å². The molecule has 48 aliphatic rings. The van der Waals surface area contributed by atoms with Gasteiger partial charge in [-0.15, -0.1) is 0 Å². The lowest BCUT2D eigenvalue weighted by atomic mass is 8.26. The van der Waals surface area contributed by atoms with E-state index in [-0.39, 0.29) is 0 Å². The maximum atomic E-state index is 9.31. The molecular weight excluding hydrogens is 768 g/mol. The molecule has 1 heteroatoms. The Morgan fingerprint density at radius 2 is 0.438 bits per heavy atom. The molecule has 35 spiro atoms. The third-order valence-corrected chi connectivity index (χ3v) is 57.5. The Labute approximate surface area is 362 Å². The molecule has 48 rings (SSSR count). The first kappa shape index (κ1) is 20.7. The van der Waals surface area contributed by atoms with Crippen molar-refractivity contribution in [2.45, 2.75) is 31.0 Å². The number of rotatable bonds is 0. The smallest absolute Gasteiger partial charge is 0.0515 e. The van der Waals surface area contributed by atoms with Crippen LogP contribution in [-0.2, 0) is 0 Å². The van der Waals surface area contributed by atoms with E-state index in [9.17, 15) is 7.85 Å². The number of hydrogen-bond acceptors (Lipinski definition) is 0. The van der Waals surface area contributed by atoms with Gasteiger partial charge in [-0.2, -0.15) is 0 Å². The minimum Gasteiger partial charge on any atom is -0.0515 e. The molecule has 48 fully saturated rings. The van der Waals surface area contributed by atoms with Crippen LogP contribution in [0.3, 0.4) is 0 Å². The van der Waals surface area contributed by atoms with Crippen molar-refractivity contribution in [3.8, 4) is 0 Å². The summed E-state index contributed by atoms with van der Waals surface area (Å²) in [7, 11) is 9.31. The van der Waals surface area contributed by atoms with Crippen LogP contribution in [0.1, 0.15) is 25.7 Å². The van der Waals surface area contributed by atoms with E-state index in [2.05, 4.69) is 0 Å². The fourth-order valence-electron chi connectivity index (χ4n) is 75.0. The molecule has 0 bridgehead atoms. The van der Waals surface area contributed by atoms with E-state index in [0.717, 1.165) is 190 Å². The Kier molecular flexibility index (Phi) is 0.938. The highest BCUT2D eigenvalue weighted by molar-refractivity contribution is 6.30. The van der Waals surface area contributed by atoms with Gasteiger partial charge in [-0.25, -0.2) is 0 Å². The van der Waals surface area contributed by atoms with Gasteiger partial charge in [0.1, 0.15) is 0 Å². The van der Waals surface area contributed by atoms with Crippen molar-refractivity contribution >= 4 is 7.85 Å². The number of fused-ring (bicyclic) bond motifs is 20. The van der Waals surface area contributed by atoms with Crippen LogP contribution in [-0.4, -0.2) is 7.85 Å². The average molecular weight is 799 g/mol. The number of hydrogen-bond donors (Lipinski definition) is 0. The SMILES string of the molecule is [B]C12C3C4C5CC6C7C8C9C%10CC%11C%12C%13C%14C%15C%16C%17CC%18C%19C%20C%21C%22CC%23C%24C1C1%25C%24%26C%22%23C%21%22C%20%21C%19%20C%18%17C%16%17C%15%16C%14%15C%13%14C%12%13C%10%11C9%10C89C78C65C45C34C21C12C43C85C94C%10%13C%145C%156C%167C%20%17C%218C%22%26C%251C87C62C453. The second-order valence-electron chi connectivity index (χ2n) is 42.1. The fourth-order valence-corrected chi connectivity index (χ4v) is 75.0. The summed E-state index contributed by atoms with van der Waals surface area (Å²) in [6, 6.07) is 0. The van der Waals surface area contributed by atoms with Gasteiger partial charge in [-0.05, 0) is 351 Å². The fraction of sp³-hybridized carbons (Fsp3) is 1.00. The van der Waals surface area contributed by atoms with E-state index in [0.29, 0.717) is 5.31 Å². The highest BCUT2D eigenvalue weighted by Gasteiger charge is 3.79. The molecule has 0 aliphatic heterocycles. The van der Waals surface area contributed by atoms with E-state index in [4.69, 9.17) is 0 Å². The first-order valence-electron chi connectivity index (χ1n) is 31.5. The summed E-state index contributed by atoms with van der Waals surface area (Å²) >= 11 is 0. The minimum absolute atomic E-state index is 0.445. The summed E-state index contributed by atoms with van der Waals surface area (Å²) in [5.74, 6) is 31.0. The van der Waals surface area contributed by atoms with Crippen LogP contribution in [0.2, 0.25) is 5.31 Å². The Balaban J connectivity index is 0.780.